The SMILES string of the molecule is COC[C@H](NC(=O)C1(c2ccccc2)CCCCC1)c1ccccn1. The Bertz CT molecular complexity index is 667. The van der Waals surface area contributed by atoms with Gasteiger partial charge in [-0.1, -0.05) is 55.7 Å². The second-order valence-corrected chi connectivity index (χ2v) is 6.74. The topological polar surface area (TPSA) is 51.2 Å². The number of amides is 1. The number of nitrogens with zero attached hydrogens (tertiary/aromatic N) is 1. The van der Waals surface area contributed by atoms with Crippen molar-refractivity contribution in [3.05, 3.63) is 66.0 Å². The summed E-state index contributed by atoms with van der Waals surface area (Å²) in [5.74, 6) is 0.0890. The molecule has 132 valence electrons. The first-order valence-electron chi connectivity index (χ1n) is 9.02. The molecule has 1 amide bonds. The fourth-order valence-corrected chi connectivity index (χ4v) is 3.81. The molecule has 1 aliphatic rings. The summed E-state index contributed by atoms with van der Waals surface area (Å²) in [4.78, 5) is 17.8. The quantitative estimate of drug-likeness (QED) is 0.872. The van der Waals surface area contributed by atoms with Crippen molar-refractivity contribution in [2.45, 2.75) is 43.6 Å². The molecule has 1 aliphatic carbocycles. The fourth-order valence-electron chi connectivity index (χ4n) is 3.81. The summed E-state index contributed by atoms with van der Waals surface area (Å²) in [6, 6.07) is 15.7. The molecular formula is C21H26N2O2. The van der Waals surface area contributed by atoms with Crippen LogP contribution >= 0.6 is 0 Å². The lowest BCUT2D eigenvalue weighted by Gasteiger charge is -2.37. The summed E-state index contributed by atoms with van der Waals surface area (Å²) >= 11 is 0. The minimum Gasteiger partial charge on any atom is -0.382 e. The summed E-state index contributed by atoms with van der Waals surface area (Å²) in [6.45, 7) is 0.410. The summed E-state index contributed by atoms with van der Waals surface area (Å²) in [6.07, 6.45) is 6.90. The first-order chi connectivity index (χ1) is 12.3. The summed E-state index contributed by atoms with van der Waals surface area (Å²) in [5, 5.41) is 3.22. The number of carbonyl (C=O) groups is 1. The number of hydrogen-bond donors (Lipinski definition) is 1. The molecule has 1 fully saturated rings. The number of pyridine rings is 1. The molecule has 25 heavy (non-hydrogen) atoms. The van der Waals surface area contributed by atoms with Crippen LogP contribution < -0.4 is 5.32 Å². The van der Waals surface area contributed by atoms with Crippen LogP contribution in [0, 0.1) is 0 Å². The highest BCUT2D eigenvalue weighted by Crippen LogP contribution is 2.40. The number of nitrogens with one attached hydrogen (secondary N) is 1. The van der Waals surface area contributed by atoms with E-state index in [-0.39, 0.29) is 11.9 Å². The molecule has 0 bridgehead atoms. The average molecular weight is 338 g/mol. The molecule has 1 atom stereocenters. The van der Waals surface area contributed by atoms with Gasteiger partial charge in [0, 0.05) is 13.3 Å². The van der Waals surface area contributed by atoms with Crippen molar-refractivity contribution in [3.8, 4) is 0 Å². The molecule has 0 spiro atoms. The minimum atomic E-state index is -0.444. The average Bonchev–Trinajstić information content (AvgIpc) is 2.69. The van der Waals surface area contributed by atoms with Crippen molar-refractivity contribution >= 4 is 5.91 Å². The van der Waals surface area contributed by atoms with Gasteiger partial charge in [-0.2, -0.15) is 0 Å². The Hall–Kier alpha value is -2.20. The van der Waals surface area contributed by atoms with E-state index in [0.29, 0.717) is 6.61 Å². The van der Waals surface area contributed by atoms with Gasteiger partial charge in [0.05, 0.1) is 23.8 Å². The number of rotatable bonds is 6. The molecule has 0 radical (unpaired) electrons. The van der Waals surface area contributed by atoms with E-state index < -0.39 is 5.41 Å². The van der Waals surface area contributed by atoms with Gasteiger partial charge in [-0.3, -0.25) is 9.78 Å². The molecule has 1 N–H and O–H groups in total. The van der Waals surface area contributed by atoms with E-state index >= 15 is 0 Å². The maximum atomic E-state index is 13.4. The van der Waals surface area contributed by atoms with Crippen LogP contribution in [0.4, 0.5) is 0 Å². The zero-order valence-electron chi connectivity index (χ0n) is 14.8. The van der Waals surface area contributed by atoms with Crippen molar-refractivity contribution in [2.24, 2.45) is 0 Å². The monoisotopic (exact) mass is 338 g/mol. The van der Waals surface area contributed by atoms with Crippen molar-refractivity contribution in [3.63, 3.8) is 0 Å². The Labute approximate surface area is 149 Å². The van der Waals surface area contributed by atoms with Gasteiger partial charge in [-0.05, 0) is 30.5 Å². The van der Waals surface area contributed by atoms with E-state index in [1.807, 2.05) is 36.4 Å². The standard InChI is InChI=1S/C21H26N2O2/c1-25-16-19(18-12-6-9-15-22-18)23-20(24)21(13-7-3-8-14-21)17-10-4-2-5-11-17/h2,4-6,9-12,15,19H,3,7-8,13-14,16H2,1H3,(H,23,24)/t19-/m0/s1. The highest BCUT2D eigenvalue weighted by Gasteiger charge is 2.41. The molecular weight excluding hydrogens is 312 g/mol. The highest BCUT2D eigenvalue weighted by molar-refractivity contribution is 5.88. The van der Waals surface area contributed by atoms with Gasteiger partial charge in [-0.15, -0.1) is 0 Å². The number of aromatic nitrogens is 1. The molecule has 4 heteroatoms. The Morgan fingerprint density at radius 1 is 1.12 bits per heavy atom. The van der Waals surface area contributed by atoms with Gasteiger partial charge in [-0.25, -0.2) is 0 Å². The summed E-state index contributed by atoms with van der Waals surface area (Å²) < 4.78 is 5.33. The third kappa shape index (κ3) is 3.90. The van der Waals surface area contributed by atoms with Crippen LogP contribution in [-0.2, 0) is 14.9 Å². The molecule has 4 nitrogen and oxygen atoms in total. The van der Waals surface area contributed by atoms with Crippen molar-refractivity contribution < 1.29 is 9.53 Å². The lowest BCUT2D eigenvalue weighted by Crippen LogP contribution is -2.47. The van der Waals surface area contributed by atoms with Crippen molar-refractivity contribution in [1.29, 1.82) is 0 Å². The molecule has 0 saturated heterocycles. The predicted molar refractivity (Wildman–Crippen MR) is 98.2 cm³/mol. The number of carbonyl (C=O) groups excluding carboxylic acids is 1. The van der Waals surface area contributed by atoms with Gasteiger partial charge < -0.3 is 10.1 Å². The van der Waals surface area contributed by atoms with Crippen LogP contribution in [0.5, 0.6) is 0 Å². The smallest absolute Gasteiger partial charge is 0.231 e. The molecule has 1 aromatic carbocycles. The highest BCUT2D eigenvalue weighted by atomic mass is 16.5. The van der Waals surface area contributed by atoms with E-state index in [2.05, 4.69) is 22.4 Å². The van der Waals surface area contributed by atoms with Crippen LogP contribution in [0.15, 0.2) is 54.7 Å². The summed E-state index contributed by atoms with van der Waals surface area (Å²) in [7, 11) is 1.65. The van der Waals surface area contributed by atoms with Crippen molar-refractivity contribution in [2.75, 3.05) is 13.7 Å². The van der Waals surface area contributed by atoms with Gasteiger partial charge in [0.2, 0.25) is 5.91 Å². The number of benzene rings is 1. The maximum absolute atomic E-state index is 13.4. The Morgan fingerprint density at radius 2 is 1.84 bits per heavy atom. The predicted octanol–water partition coefficient (Wildman–Crippen LogP) is 3.79. The second kappa shape index (κ2) is 8.26. The van der Waals surface area contributed by atoms with E-state index in [1.54, 1.807) is 13.3 Å². The molecule has 2 aromatic rings. The molecule has 0 aliphatic heterocycles. The van der Waals surface area contributed by atoms with Gasteiger partial charge in [0.1, 0.15) is 0 Å². The van der Waals surface area contributed by atoms with Crippen LogP contribution in [0.2, 0.25) is 0 Å². The third-order valence-electron chi connectivity index (χ3n) is 5.15. The number of ether oxygens (including phenoxy) is 1. The second-order valence-electron chi connectivity index (χ2n) is 6.74. The molecule has 1 saturated carbocycles. The molecule has 0 unspecified atom stereocenters. The normalized spacial score (nSPS) is 17.6. The maximum Gasteiger partial charge on any atom is 0.231 e. The third-order valence-corrected chi connectivity index (χ3v) is 5.15. The van der Waals surface area contributed by atoms with E-state index in [1.165, 1.54) is 6.42 Å². The minimum absolute atomic E-state index is 0.0890. The van der Waals surface area contributed by atoms with Crippen LogP contribution in [0.25, 0.3) is 0 Å². The largest absolute Gasteiger partial charge is 0.382 e. The molecule has 3 rings (SSSR count). The Kier molecular flexibility index (Phi) is 5.82. The Morgan fingerprint density at radius 3 is 2.48 bits per heavy atom. The summed E-state index contributed by atoms with van der Waals surface area (Å²) in [5.41, 5.74) is 1.50. The van der Waals surface area contributed by atoms with Crippen LogP contribution in [0.3, 0.4) is 0 Å². The molecule has 1 heterocycles. The number of methoxy groups -OCH3 is 1. The first-order valence-corrected chi connectivity index (χ1v) is 9.02. The zero-order chi connectivity index (χ0) is 17.5. The zero-order valence-corrected chi connectivity index (χ0v) is 14.8. The van der Waals surface area contributed by atoms with Gasteiger partial charge >= 0.3 is 0 Å². The van der Waals surface area contributed by atoms with Crippen LogP contribution in [-0.4, -0.2) is 24.6 Å². The first kappa shape index (κ1) is 17.6. The van der Waals surface area contributed by atoms with E-state index in [4.69, 9.17) is 4.74 Å². The Balaban J connectivity index is 1.87. The van der Waals surface area contributed by atoms with E-state index in [9.17, 15) is 4.79 Å². The van der Waals surface area contributed by atoms with E-state index in [0.717, 1.165) is 36.9 Å². The fraction of sp³-hybridized carbons (Fsp3) is 0.429. The van der Waals surface area contributed by atoms with Gasteiger partial charge in [0.25, 0.3) is 0 Å². The van der Waals surface area contributed by atoms with Crippen molar-refractivity contribution in [1.82, 2.24) is 10.3 Å². The van der Waals surface area contributed by atoms with Crippen LogP contribution in [0.1, 0.15) is 49.4 Å². The lowest BCUT2D eigenvalue weighted by atomic mass is 9.68. The number of hydrogen-bond acceptors (Lipinski definition) is 3. The molecule has 1 aromatic heterocycles. The van der Waals surface area contributed by atoms with Gasteiger partial charge in [0.15, 0.2) is 0 Å². The lowest BCUT2D eigenvalue weighted by molar-refractivity contribution is -0.129.